The number of halogens is 3. The normalized spacial score (nSPS) is 21.5. The van der Waals surface area contributed by atoms with Crippen molar-refractivity contribution in [3.63, 3.8) is 0 Å². The molecule has 2 aromatic heterocycles. The summed E-state index contributed by atoms with van der Waals surface area (Å²) in [5, 5.41) is 7.07. The van der Waals surface area contributed by atoms with Crippen LogP contribution >= 0.6 is 0 Å². The third-order valence-corrected chi connectivity index (χ3v) is 4.68. The molecule has 4 rings (SSSR count). The van der Waals surface area contributed by atoms with Crippen LogP contribution in [0.1, 0.15) is 24.0 Å². The van der Waals surface area contributed by atoms with Gasteiger partial charge >= 0.3 is 6.18 Å². The molecule has 0 radical (unpaired) electrons. The molecular formula is C14H15F3N4. The second-order valence-electron chi connectivity index (χ2n) is 6.37. The molecule has 2 fully saturated rings. The Morgan fingerprint density at radius 1 is 1.29 bits per heavy atom. The molecule has 112 valence electrons. The van der Waals surface area contributed by atoms with Gasteiger partial charge in [-0.1, -0.05) is 0 Å². The zero-order chi connectivity index (χ0) is 14.7. The van der Waals surface area contributed by atoms with Gasteiger partial charge < -0.3 is 5.32 Å². The first-order valence-corrected chi connectivity index (χ1v) is 7.05. The van der Waals surface area contributed by atoms with Gasteiger partial charge in [0.05, 0.1) is 6.20 Å². The molecule has 1 aliphatic heterocycles. The molecule has 1 saturated carbocycles. The number of nitrogens with one attached hydrogen (secondary N) is 1. The van der Waals surface area contributed by atoms with Gasteiger partial charge in [-0.15, -0.1) is 0 Å². The van der Waals surface area contributed by atoms with Gasteiger partial charge in [0.1, 0.15) is 5.56 Å². The van der Waals surface area contributed by atoms with Crippen LogP contribution < -0.4 is 5.32 Å². The number of nitrogens with zero attached hydrogens (tertiary/aromatic N) is 3. The van der Waals surface area contributed by atoms with E-state index in [2.05, 4.69) is 15.4 Å². The lowest BCUT2D eigenvalue weighted by Crippen LogP contribution is -2.60. The first kappa shape index (κ1) is 13.1. The minimum atomic E-state index is -4.41. The quantitative estimate of drug-likeness (QED) is 0.924. The Bertz CT molecular complexity index is 679. The van der Waals surface area contributed by atoms with Gasteiger partial charge in [0.2, 0.25) is 0 Å². The van der Waals surface area contributed by atoms with Crippen molar-refractivity contribution in [2.45, 2.75) is 25.4 Å². The van der Waals surface area contributed by atoms with Gasteiger partial charge in [-0.05, 0) is 36.2 Å². The molecule has 0 atom stereocenters. The number of rotatable bonds is 2. The minimum absolute atomic E-state index is 0.125. The molecule has 0 aromatic carbocycles. The highest BCUT2D eigenvalue weighted by Gasteiger charge is 2.47. The minimum Gasteiger partial charge on any atom is -0.316 e. The summed E-state index contributed by atoms with van der Waals surface area (Å²) in [6.45, 7) is 2.21. The van der Waals surface area contributed by atoms with Crippen LogP contribution in [0.5, 0.6) is 0 Å². The Kier molecular flexibility index (Phi) is 2.61. The lowest BCUT2D eigenvalue weighted by molar-refractivity contribution is -0.136. The van der Waals surface area contributed by atoms with Gasteiger partial charge in [0.25, 0.3) is 0 Å². The number of hydrogen-bond acceptors (Lipinski definition) is 3. The maximum atomic E-state index is 12.8. The summed E-state index contributed by atoms with van der Waals surface area (Å²) in [4.78, 5) is 3.96. The number of aromatic nitrogens is 3. The van der Waals surface area contributed by atoms with E-state index in [-0.39, 0.29) is 5.65 Å². The van der Waals surface area contributed by atoms with Crippen molar-refractivity contribution in [3.05, 3.63) is 29.7 Å². The average Bonchev–Trinajstić information content (AvgIpc) is 2.73. The SMILES string of the molecule is FC(F)(F)c1cnn2cc(CC3CC4(CNC4)C3)cnc12. The highest BCUT2D eigenvalue weighted by Crippen LogP contribution is 2.49. The van der Waals surface area contributed by atoms with Crippen LogP contribution in [-0.2, 0) is 12.6 Å². The summed E-state index contributed by atoms with van der Waals surface area (Å²) in [5.74, 6) is 0.615. The fourth-order valence-electron chi connectivity index (χ4n) is 3.63. The second-order valence-corrected chi connectivity index (χ2v) is 6.37. The summed E-state index contributed by atoms with van der Waals surface area (Å²) in [5.41, 5.74) is 0.556. The molecule has 0 bridgehead atoms. The van der Waals surface area contributed by atoms with Crippen molar-refractivity contribution in [1.82, 2.24) is 19.9 Å². The van der Waals surface area contributed by atoms with E-state index >= 15 is 0 Å². The summed E-state index contributed by atoms with van der Waals surface area (Å²) in [7, 11) is 0. The molecule has 1 N–H and O–H groups in total. The number of hydrogen-bond donors (Lipinski definition) is 1. The highest BCUT2D eigenvalue weighted by atomic mass is 19.4. The zero-order valence-electron chi connectivity index (χ0n) is 11.3. The highest BCUT2D eigenvalue weighted by molar-refractivity contribution is 5.48. The van der Waals surface area contributed by atoms with Crippen molar-refractivity contribution in [3.8, 4) is 0 Å². The fourth-order valence-corrected chi connectivity index (χ4v) is 3.63. The van der Waals surface area contributed by atoms with Gasteiger partial charge in [-0.25, -0.2) is 9.50 Å². The van der Waals surface area contributed by atoms with E-state index in [9.17, 15) is 13.2 Å². The summed E-state index contributed by atoms with van der Waals surface area (Å²) < 4.78 is 39.5. The first-order chi connectivity index (χ1) is 9.95. The molecule has 4 nitrogen and oxygen atoms in total. The lowest BCUT2D eigenvalue weighted by Gasteiger charge is -2.54. The van der Waals surface area contributed by atoms with E-state index in [1.165, 1.54) is 17.4 Å². The molecule has 2 aliphatic rings. The van der Waals surface area contributed by atoms with Gasteiger partial charge in [-0.3, -0.25) is 0 Å². The van der Waals surface area contributed by atoms with Gasteiger partial charge in [-0.2, -0.15) is 18.3 Å². The molecule has 1 spiro atoms. The van der Waals surface area contributed by atoms with Crippen LogP contribution in [-0.4, -0.2) is 27.7 Å². The van der Waals surface area contributed by atoms with E-state index in [1.54, 1.807) is 12.4 Å². The van der Waals surface area contributed by atoms with E-state index in [0.717, 1.165) is 31.3 Å². The topological polar surface area (TPSA) is 42.2 Å². The summed E-state index contributed by atoms with van der Waals surface area (Å²) >= 11 is 0. The molecule has 7 heteroatoms. The molecule has 2 aromatic rings. The van der Waals surface area contributed by atoms with Crippen LogP contribution in [0.2, 0.25) is 0 Å². The molecule has 1 aliphatic carbocycles. The molecule has 21 heavy (non-hydrogen) atoms. The standard InChI is InChI=1S/C14H15F3N4/c15-14(16,17)11-5-20-21-6-10(4-19-12(11)21)1-9-2-13(3-9)7-18-8-13/h4-6,9,18H,1-3,7-8H2. The first-order valence-electron chi connectivity index (χ1n) is 7.05. The van der Waals surface area contributed by atoms with E-state index in [1.807, 2.05) is 0 Å². The number of fused-ring (bicyclic) bond motifs is 1. The predicted molar refractivity (Wildman–Crippen MR) is 69.7 cm³/mol. The Morgan fingerprint density at radius 3 is 2.67 bits per heavy atom. The van der Waals surface area contributed by atoms with Gasteiger partial charge in [0, 0.05) is 25.5 Å². The third kappa shape index (κ3) is 2.10. The maximum absolute atomic E-state index is 12.8. The summed E-state index contributed by atoms with van der Waals surface area (Å²) in [6, 6.07) is 0. The maximum Gasteiger partial charge on any atom is 0.421 e. The Hall–Kier alpha value is -1.63. The average molecular weight is 296 g/mol. The Morgan fingerprint density at radius 2 is 2.05 bits per heavy atom. The predicted octanol–water partition coefficient (Wildman–Crippen LogP) is 2.29. The molecule has 3 heterocycles. The van der Waals surface area contributed by atoms with Crippen LogP contribution in [0.4, 0.5) is 13.2 Å². The second kappa shape index (κ2) is 4.19. The molecule has 0 amide bonds. The van der Waals surface area contributed by atoms with Crippen LogP contribution in [0, 0.1) is 11.3 Å². The summed E-state index contributed by atoms with van der Waals surface area (Å²) in [6.07, 6.45) is 2.91. The van der Waals surface area contributed by atoms with E-state index in [4.69, 9.17) is 0 Å². The number of alkyl halides is 3. The van der Waals surface area contributed by atoms with Crippen molar-refractivity contribution in [2.75, 3.05) is 13.1 Å². The monoisotopic (exact) mass is 296 g/mol. The van der Waals surface area contributed by atoms with Crippen LogP contribution in [0.25, 0.3) is 5.65 Å². The van der Waals surface area contributed by atoms with Crippen molar-refractivity contribution in [1.29, 1.82) is 0 Å². The van der Waals surface area contributed by atoms with E-state index < -0.39 is 11.7 Å². The largest absolute Gasteiger partial charge is 0.421 e. The third-order valence-electron chi connectivity index (χ3n) is 4.68. The van der Waals surface area contributed by atoms with Crippen LogP contribution in [0.3, 0.4) is 0 Å². The molecule has 1 saturated heterocycles. The molecule has 0 unspecified atom stereocenters. The Balaban J connectivity index is 1.52. The van der Waals surface area contributed by atoms with Crippen LogP contribution in [0.15, 0.2) is 18.6 Å². The van der Waals surface area contributed by atoms with Crippen molar-refractivity contribution >= 4 is 5.65 Å². The molecular weight excluding hydrogens is 281 g/mol. The lowest BCUT2D eigenvalue weighted by atomic mass is 9.57. The van der Waals surface area contributed by atoms with Crippen molar-refractivity contribution < 1.29 is 13.2 Å². The van der Waals surface area contributed by atoms with E-state index in [0.29, 0.717) is 11.3 Å². The van der Waals surface area contributed by atoms with Crippen molar-refractivity contribution in [2.24, 2.45) is 11.3 Å². The van der Waals surface area contributed by atoms with Gasteiger partial charge in [0.15, 0.2) is 5.65 Å². The zero-order valence-corrected chi connectivity index (χ0v) is 11.3. The smallest absolute Gasteiger partial charge is 0.316 e. The fraction of sp³-hybridized carbons (Fsp3) is 0.571. The Labute approximate surface area is 119 Å².